The van der Waals surface area contributed by atoms with Crippen molar-refractivity contribution in [3.8, 4) is 0 Å². The van der Waals surface area contributed by atoms with E-state index in [1.165, 1.54) is 0 Å². The highest BCUT2D eigenvalue weighted by atomic mass is 16.2. The van der Waals surface area contributed by atoms with Crippen LogP contribution in [0.2, 0.25) is 0 Å². The Hall–Kier alpha value is -3.99. The smallest absolute Gasteiger partial charge is 0.252 e. The number of hydrogen-bond donors (Lipinski definition) is 1. The number of carbonyl (C=O) groups is 2. The van der Waals surface area contributed by atoms with E-state index >= 15 is 0 Å². The van der Waals surface area contributed by atoms with Crippen LogP contribution in [0.4, 0.5) is 0 Å². The number of rotatable bonds is 7. The van der Waals surface area contributed by atoms with Crippen LogP contribution in [-0.2, 0) is 13.1 Å². The van der Waals surface area contributed by atoms with Gasteiger partial charge in [0.15, 0.2) is 5.78 Å². The summed E-state index contributed by atoms with van der Waals surface area (Å²) in [5, 5.41) is 2.94. The summed E-state index contributed by atoms with van der Waals surface area (Å²) in [6.07, 6.45) is 5.46. The molecule has 160 valence electrons. The predicted molar refractivity (Wildman–Crippen MR) is 125 cm³/mol. The average molecular weight is 424 g/mol. The van der Waals surface area contributed by atoms with E-state index < -0.39 is 0 Å². The number of nitrogens with one attached hydrogen (secondary N) is 1. The van der Waals surface area contributed by atoms with E-state index in [-0.39, 0.29) is 11.7 Å². The lowest BCUT2D eigenvalue weighted by Gasteiger charge is -2.11. The maximum Gasteiger partial charge on any atom is 0.252 e. The molecule has 0 aliphatic rings. The third kappa shape index (κ3) is 4.83. The molecule has 0 unspecified atom stereocenters. The van der Waals surface area contributed by atoms with Gasteiger partial charge < -0.3 is 9.88 Å². The van der Waals surface area contributed by atoms with Crippen LogP contribution in [0.15, 0.2) is 85.5 Å². The van der Waals surface area contributed by atoms with Crippen molar-refractivity contribution >= 4 is 11.7 Å². The number of amides is 1. The van der Waals surface area contributed by atoms with Crippen molar-refractivity contribution in [3.63, 3.8) is 0 Å². The van der Waals surface area contributed by atoms with Gasteiger partial charge in [0.2, 0.25) is 0 Å². The summed E-state index contributed by atoms with van der Waals surface area (Å²) in [6, 6.07) is 20.6. The van der Waals surface area contributed by atoms with Crippen LogP contribution in [0.25, 0.3) is 0 Å². The highest BCUT2D eigenvalue weighted by Crippen LogP contribution is 2.18. The molecule has 3 aromatic carbocycles. The topological polar surface area (TPSA) is 64.0 Å². The Balaban J connectivity index is 1.45. The number of aromatic nitrogens is 2. The molecule has 0 radical (unpaired) electrons. The van der Waals surface area contributed by atoms with Gasteiger partial charge in [0, 0.05) is 36.6 Å². The lowest BCUT2D eigenvalue weighted by Crippen LogP contribution is -2.25. The Morgan fingerprint density at radius 1 is 0.875 bits per heavy atom. The van der Waals surface area contributed by atoms with Gasteiger partial charge in [0.25, 0.3) is 5.91 Å². The number of aryl methyl sites for hydroxylation is 2. The second-order valence-corrected chi connectivity index (χ2v) is 7.91. The van der Waals surface area contributed by atoms with Gasteiger partial charge in [-0.1, -0.05) is 54.6 Å². The molecule has 0 saturated carbocycles. The fourth-order valence-electron chi connectivity index (χ4n) is 3.55. The summed E-state index contributed by atoms with van der Waals surface area (Å²) < 4.78 is 2.00. The molecule has 4 rings (SSSR count). The Bertz CT molecular complexity index is 1240. The van der Waals surface area contributed by atoms with E-state index in [9.17, 15) is 9.59 Å². The minimum Gasteiger partial charge on any atom is -0.348 e. The zero-order valence-electron chi connectivity index (χ0n) is 18.2. The van der Waals surface area contributed by atoms with Gasteiger partial charge in [0.1, 0.15) is 0 Å². The molecule has 0 aliphatic carbocycles. The van der Waals surface area contributed by atoms with Crippen LogP contribution in [0.5, 0.6) is 0 Å². The third-order valence-corrected chi connectivity index (χ3v) is 5.59. The maximum atomic E-state index is 13.1. The first-order valence-corrected chi connectivity index (χ1v) is 10.5. The molecule has 0 bridgehead atoms. The summed E-state index contributed by atoms with van der Waals surface area (Å²) >= 11 is 0. The summed E-state index contributed by atoms with van der Waals surface area (Å²) in [5.74, 6) is -0.414. The molecule has 0 spiro atoms. The fraction of sp³-hybridized carbons (Fsp3) is 0.148. The van der Waals surface area contributed by atoms with Gasteiger partial charge in [-0.3, -0.25) is 9.59 Å². The Kier molecular flexibility index (Phi) is 6.26. The van der Waals surface area contributed by atoms with Crippen molar-refractivity contribution in [2.75, 3.05) is 0 Å². The highest BCUT2D eigenvalue weighted by molar-refractivity contribution is 6.15. The van der Waals surface area contributed by atoms with Gasteiger partial charge in [-0.05, 0) is 48.2 Å². The molecule has 0 atom stereocenters. The summed E-state index contributed by atoms with van der Waals surface area (Å²) in [6.45, 7) is 5.12. The Morgan fingerprint density at radius 2 is 1.59 bits per heavy atom. The molecule has 5 heteroatoms. The van der Waals surface area contributed by atoms with Crippen LogP contribution < -0.4 is 5.32 Å². The second kappa shape index (κ2) is 9.43. The zero-order chi connectivity index (χ0) is 22.5. The number of benzene rings is 3. The van der Waals surface area contributed by atoms with E-state index in [0.717, 1.165) is 28.8 Å². The molecule has 32 heavy (non-hydrogen) atoms. The van der Waals surface area contributed by atoms with Crippen molar-refractivity contribution in [2.45, 2.75) is 26.9 Å². The van der Waals surface area contributed by atoms with Crippen molar-refractivity contribution in [1.29, 1.82) is 0 Å². The molecule has 0 aliphatic heterocycles. The minimum atomic E-state index is -0.264. The van der Waals surface area contributed by atoms with Crippen LogP contribution >= 0.6 is 0 Å². The SMILES string of the molecule is Cc1ccc(C(=O)c2ccccc2C(=O)NCc2ccc(Cn3ccnc3)cc2)cc1C. The zero-order valence-corrected chi connectivity index (χ0v) is 18.2. The van der Waals surface area contributed by atoms with Gasteiger partial charge >= 0.3 is 0 Å². The molecule has 0 saturated heterocycles. The summed E-state index contributed by atoms with van der Waals surface area (Å²) in [7, 11) is 0. The molecule has 1 N–H and O–H groups in total. The van der Waals surface area contributed by atoms with E-state index in [2.05, 4.69) is 10.3 Å². The van der Waals surface area contributed by atoms with Gasteiger partial charge in [-0.2, -0.15) is 0 Å². The second-order valence-electron chi connectivity index (χ2n) is 7.91. The van der Waals surface area contributed by atoms with Crippen LogP contribution in [0.1, 0.15) is 48.5 Å². The minimum absolute atomic E-state index is 0.150. The van der Waals surface area contributed by atoms with E-state index in [1.54, 1.807) is 36.8 Å². The summed E-state index contributed by atoms with van der Waals surface area (Å²) in [4.78, 5) is 30.0. The van der Waals surface area contributed by atoms with Crippen molar-refractivity contribution < 1.29 is 9.59 Å². The van der Waals surface area contributed by atoms with Crippen molar-refractivity contribution in [3.05, 3.63) is 124 Å². The average Bonchev–Trinajstić information content (AvgIpc) is 3.33. The van der Waals surface area contributed by atoms with Crippen LogP contribution in [0, 0.1) is 13.8 Å². The molecule has 1 heterocycles. The van der Waals surface area contributed by atoms with E-state index in [1.807, 2.05) is 67.1 Å². The van der Waals surface area contributed by atoms with Crippen molar-refractivity contribution in [2.24, 2.45) is 0 Å². The maximum absolute atomic E-state index is 13.1. The molecule has 5 nitrogen and oxygen atoms in total. The van der Waals surface area contributed by atoms with Gasteiger partial charge in [0.05, 0.1) is 11.9 Å². The number of imidazole rings is 1. The number of ketones is 1. The van der Waals surface area contributed by atoms with Gasteiger partial charge in [-0.15, -0.1) is 0 Å². The predicted octanol–water partition coefficient (Wildman–Crippen LogP) is 4.71. The van der Waals surface area contributed by atoms with Crippen molar-refractivity contribution in [1.82, 2.24) is 14.9 Å². The fourth-order valence-corrected chi connectivity index (χ4v) is 3.55. The number of nitrogens with zero attached hydrogens (tertiary/aromatic N) is 2. The molecule has 4 aromatic rings. The Labute approximate surface area is 187 Å². The first kappa shape index (κ1) is 21.2. The first-order chi connectivity index (χ1) is 15.5. The molecule has 1 amide bonds. The number of carbonyl (C=O) groups excluding carboxylic acids is 2. The monoisotopic (exact) mass is 423 g/mol. The quantitative estimate of drug-likeness (QED) is 0.438. The van der Waals surface area contributed by atoms with E-state index in [0.29, 0.717) is 23.2 Å². The molecule has 0 fully saturated rings. The van der Waals surface area contributed by atoms with Crippen LogP contribution in [-0.4, -0.2) is 21.2 Å². The molecular weight excluding hydrogens is 398 g/mol. The van der Waals surface area contributed by atoms with E-state index in [4.69, 9.17) is 0 Å². The third-order valence-electron chi connectivity index (χ3n) is 5.59. The Morgan fingerprint density at radius 3 is 2.28 bits per heavy atom. The highest BCUT2D eigenvalue weighted by Gasteiger charge is 2.18. The lowest BCUT2D eigenvalue weighted by molar-refractivity contribution is 0.0939. The molecule has 1 aromatic heterocycles. The lowest BCUT2D eigenvalue weighted by atomic mass is 9.95. The first-order valence-electron chi connectivity index (χ1n) is 10.5. The summed E-state index contributed by atoms with van der Waals surface area (Å²) in [5.41, 5.74) is 5.70. The van der Waals surface area contributed by atoms with Crippen LogP contribution in [0.3, 0.4) is 0 Å². The molecular formula is C27H25N3O2. The van der Waals surface area contributed by atoms with Gasteiger partial charge in [-0.25, -0.2) is 4.98 Å². The normalized spacial score (nSPS) is 10.7. The standard InChI is InChI=1S/C27H25N3O2/c1-19-7-12-23(15-20(19)2)26(31)24-5-3-4-6-25(24)27(32)29-16-21-8-10-22(11-9-21)17-30-14-13-28-18-30/h3-15,18H,16-17H2,1-2H3,(H,29,32). The number of hydrogen-bond acceptors (Lipinski definition) is 3. The largest absolute Gasteiger partial charge is 0.348 e.